The van der Waals surface area contributed by atoms with Crippen molar-refractivity contribution < 1.29 is 14.7 Å². The van der Waals surface area contributed by atoms with Gasteiger partial charge in [0.2, 0.25) is 5.91 Å². The van der Waals surface area contributed by atoms with Crippen LogP contribution in [0.15, 0.2) is 0 Å². The highest BCUT2D eigenvalue weighted by atomic mass is 16.4. The maximum atomic E-state index is 12.1. The van der Waals surface area contributed by atoms with Gasteiger partial charge in [-0.15, -0.1) is 0 Å². The molecule has 1 rings (SSSR count). The molecule has 0 unspecified atom stereocenters. The molecule has 0 atom stereocenters. The third-order valence-corrected chi connectivity index (χ3v) is 3.79. The second kappa shape index (κ2) is 9.75. The Labute approximate surface area is 121 Å². The minimum atomic E-state index is -0.791. The van der Waals surface area contributed by atoms with Crippen LogP contribution in [-0.2, 0) is 9.59 Å². The van der Waals surface area contributed by atoms with Crippen molar-refractivity contribution in [3.05, 3.63) is 0 Å². The van der Waals surface area contributed by atoms with Gasteiger partial charge in [0.05, 0.1) is 6.54 Å². The molecule has 116 valence electrons. The maximum absolute atomic E-state index is 12.1. The number of unbranched alkanes of at least 4 members (excludes halogenated alkanes) is 4. The Morgan fingerprint density at radius 1 is 1.00 bits per heavy atom. The van der Waals surface area contributed by atoms with E-state index in [1.165, 1.54) is 19.3 Å². The Morgan fingerprint density at radius 3 is 2.45 bits per heavy atom. The molecule has 0 aromatic rings. The van der Waals surface area contributed by atoms with E-state index in [0.717, 1.165) is 32.4 Å². The van der Waals surface area contributed by atoms with Crippen LogP contribution in [0, 0.1) is 0 Å². The largest absolute Gasteiger partial charge is 0.480 e. The van der Waals surface area contributed by atoms with Gasteiger partial charge in [-0.25, -0.2) is 0 Å². The van der Waals surface area contributed by atoms with Gasteiger partial charge in [0, 0.05) is 32.6 Å². The van der Waals surface area contributed by atoms with Gasteiger partial charge in [-0.3, -0.25) is 14.5 Å². The summed E-state index contributed by atoms with van der Waals surface area (Å²) in [6.45, 7) is 5.15. The summed E-state index contributed by atoms with van der Waals surface area (Å²) in [7, 11) is 0. The first-order valence-corrected chi connectivity index (χ1v) is 7.85. The highest BCUT2D eigenvalue weighted by molar-refractivity contribution is 5.76. The van der Waals surface area contributed by atoms with E-state index in [1.807, 2.05) is 9.80 Å². The quantitative estimate of drug-likeness (QED) is 0.692. The molecule has 5 nitrogen and oxygen atoms in total. The fourth-order valence-electron chi connectivity index (χ4n) is 2.61. The van der Waals surface area contributed by atoms with E-state index in [0.29, 0.717) is 19.5 Å². The molecule has 0 spiro atoms. The summed E-state index contributed by atoms with van der Waals surface area (Å²) >= 11 is 0. The Bertz CT molecular complexity index is 307. The number of carbonyl (C=O) groups excluding carboxylic acids is 1. The van der Waals surface area contributed by atoms with Crippen molar-refractivity contribution in [3.8, 4) is 0 Å². The molecule has 0 aromatic heterocycles. The number of amides is 1. The van der Waals surface area contributed by atoms with Crippen LogP contribution in [0.25, 0.3) is 0 Å². The Hall–Kier alpha value is -1.10. The molecule has 1 aliphatic heterocycles. The van der Waals surface area contributed by atoms with Crippen LogP contribution in [0.4, 0.5) is 0 Å². The summed E-state index contributed by atoms with van der Waals surface area (Å²) < 4.78 is 0. The lowest BCUT2D eigenvalue weighted by atomic mass is 10.1. The molecule has 1 saturated heterocycles. The first-order valence-electron chi connectivity index (χ1n) is 7.85. The van der Waals surface area contributed by atoms with Gasteiger partial charge in [0.25, 0.3) is 0 Å². The van der Waals surface area contributed by atoms with Crippen LogP contribution in [0.1, 0.15) is 51.9 Å². The van der Waals surface area contributed by atoms with E-state index < -0.39 is 5.97 Å². The van der Waals surface area contributed by atoms with Gasteiger partial charge in [0.1, 0.15) is 0 Å². The normalized spacial score (nSPS) is 16.9. The number of carboxylic acids is 1. The molecule has 0 radical (unpaired) electrons. The average molecular weight is 284 g/mol. The number of carboxylic acid groups (broad SMARTS) is 1. The van der Waals surface area contributed by atoms with Crippen molar-refractivity contribution in [2.24, 2.45) is 0 Å². The topological polar surface area (TPSA) is 60.9 Å². The molecule has 1 N–H and O–H groups in total. The molecule has 5 heteroatoms. The Morgan fingerprint density at radius 2 is 1.75 bits per heavy atom. The molecule has 1 fully saturated rings. The smallest absolute Gasteiger partial charge is 0.317 e. The number of hydrogen-bond donors (Lipinski definition) is 1. The van der Waals surface area contributed by atoms with Gasteiger partial charge in [0.15, 0.2) is 0 Å². The fraction of sp³-hybridized carbons (Fsp3) is 0.867. The highest BCUT2D eigenvalue weighted by Gasteiger charge is 2.19. The first-order chi connectivity index (χ1) is 9.63. The average Bonchev–Trinajstić information content (AvgIpc) is 2.63. The van der Waals surface area contributed by atoms with E-state index in [1.54, 1.807) is 0 Å². The Kier molecular flexibility index (Phi) is 8.26. The molecule has 0 aliphatic carbocycles. The van der Waals surface area contributed by atoms with Crippen molar-refractivity contribution in [1.29, 1.82) is 0 Å². The molecule has 20 heavy (non-hydrogen) atoms. The summed E-state index contributed by atoms with van der Waals surface area (Å²) in [6.07, 6.45) is 7.32. The predicted molar refractivity (Wildman–Crippen MR) is 78.6 cm³/mol. The second-order valence-electron chi connectivity index (χ2n) is 5.57. The zero-order valence-corrected chi connectivity index (χ0v) is 12.6. The van der Waals surface area contributed by atoms with E-state index in [9.17, 15) is 9.59 Å². The standard InChI is InChI=1S/C15H28N2O3/c1-2-3-4-5-6-8-14(18)17-10-7-9-16(11-12-17)13-15(19)20/h2-13H2,1H3,(H,19,20). The van der Waals surface area contributed by atoms with Crippen LogP contribution in [0.3, 0.4) is 0 Å². The molecule has 1 aliphatic rings. The molecule has 1 heterocycles. The van der Waals surface area contributed by atoms with Gasteiger partial charge in [-0.2, -0.15) is 0 Å². The molecular weight excluding hydrogens is 256 g/mol. The fourth-order valence-corrected chi connectivity index (χ4v) is 2.61. The van der Waals surface area contributed by atoms with Crippen LogP contribution in [0.2, 0.25) is 0 Å². The van der Waals surface area contributed by atoms with Crippen molar-refractivity contribution in [2.45, 2.75) is 51.9 Å². The summed E-state index contributed by atoms with van der Waals surface area (Å²) in [5.41, 5.74) is 0. The number of carbonyl (C=O) groups is 2. The van der Waals surface area contributed by atoms with Gasteiger partial charge < -0.3 is 10.0 Å². The highest BCUT2D eigenvalue weighted by Crippen LogP contribution is 2.09. The van der Waals surface area contributed by atoms with Crippen molar-refractivity contribution >= 4 is 11.9 Å². The maximum Gasteiger partial charge on any atom is 0.317 e. The minimum Gasteiger partial charge on any atom is -0.480 e. The summed E-state index contributed by atoms with van der Waals surface area (Å²) in [4.78, 5) is 26.6. The molecule has 0 bridgehead atoms. The van der Waals surface area contributed by atoms with Crippen molar-refractivity contribution in [2.75, 3.05) is 32.7 Å². The molecule has 1 amide bonds. The molecule has 0 saturated carbocycles. The number of nitrogens with zero attached hydrogens (tertiary/aromatic N) is 2. The lowest BCUT2D eigenvalue weighted by molar-refractivity contribution is -0.138. The van der Waals surface area contributed by atoms with Crippen molar-refractivity contribution in [3.63, 3.8) is 0 Å². The van der Waals surface area contributed by atoms with Gasteiger partial charge in [-0.05, 0) is 12.8 Å². The second-order valence-corrected chi connectivity index (χ2v) is 5.57. The van der Waals surface area contributed by atoms with Crippen LogP contribution in [-0.4, -0.2) is 59.5 Å². The van der Waals surface area contributed by atoms with E-state index in [2.05, 4.69) is 6.92 Å². The lowest BCUT2D eigenvalue weighted by Crippen LogP contribution is -2.36. The van der Waals surface area contributed by atoms with Gasteiger partial charge >= 0.3 is 5.97 Å². The van der Waals surface area contributed by atoms with E-state index >= 15 is 0 Å². The lowest BCUT2D eigenvalue weighted by Gasteiger charge is -2.21. The van der Waals surface area contributed by atoms with E-state index in [4.69, 9.17) is 5.11 Å². The summed E-state index contributed by atoms with van der Waals surface area (Å²) in [5, 5.41) is 8.80. The van der Waals surface area contributed by atoms with E-state index in [-0.39, 0.29) is 12.5 Å². The van der Waals surface area contributed by atoms with Crippen LogP contribution in [0.5, 0.6) is 0 Å². The van der Waals surface area contributed by atoms with Crippen LogP contribution >= 0.6 is 0 Å². The number of hydrogen-bond acceptors (Lipinski definition) is 3. The number of rotatable bonds is 8. The van der Waals surface area contributed by atoms with Gasteiger partial charge in [-0.1, -0.05) is 32.6 Å². The Balaban J connectivity index is 2.22. The third kappa shape index (κ3) is 6.89. The zero-order chi connectivity index (χ0) is 14.8. The molecule has 0 aromatic carbocycles. The van der Waals surface area contributed by atoms with Crippen LogP contribution < -0.4 is 0 Å². The zero-order valence-electron chi connectivity index (χ0n) is 12.6. The summed E-state index contributed by atoms with van der Waals surface area (Å²) in [5.74, 6) is -0.556. The minimum absolute atomic E-state index is 0.0824. The predicted octanol–water partition coefficient (Wildman–Crippen LogP) is 1.97. The number of aliphatic carboxylic acids is 1. The SMILES string of the molecule is CCCCCCCC(=O)N1CCCN(CC(=O)O)CC1. The first kappa shape index (κ1) is 17.0. The summed E-state index contributed by atoms with van der Waals surface area (Å²) in [6, 6.07) is 0. The van der Waals surface area contributed by atoms with Crippen molar-refractivity contribution in [1.82, 2.24) is 9.80 Å². The monoisotopic (exact) mass is 284 g/mol. The molecular formula is C15H28N2O3. The third-order valence-electron chi connectivity index (χ3n) is 3.79.